The third kappa shape index (κ3) is 2.91. The van der Waals surface area contributed by atoms with Gasteiger partial charge in [-0.3, -0.25) is 4.98 Å². The van der Waals surface area contributed by atoms with Gasteiger partial charge in [0, 0.05) is 22.3 Å². The second kappa shape index (κ2) is 6.08. The predicted octanol–water partition coefficient (Wildman–Crippen LogP) is 3.71. The Bertz CT molecular complexity index is 555. The van der Waals surface area contributed by atoms with Crippen LogP contribution >= 0.6 is 11.6 Å². The molecular weight excluding hydrogens is 270 g/mol. The van der Waals surface area contributed by atoms with Crippen LogP contribution in [0.3, 0.4) is 0 Å². The van der Waals surface area contributed by atoms with E-state index in [1.54, 1.807) is 6.07 Å². The summed E-state index contributed by atoms with van der Waals surface area (Å²) in [6.07, 6.45) is 2.58. The number of halogens is 3. The number of pyridine rings is 1. The molecule has 0 spiro atoms. The van der Waals surface area contributed by atoms with Crippen LogP contribution in [-0.4, -0.2) is 11.5 Å². The van der Waals surface area contributed by atoms with E-state index in [0.29, 0.717) is 12.1 Å². The van der Waals surface area contributed by atoms with E-state index in [9.17, 15) is 8.78 Å². The van der Waals surface area contributed by atoms with Gasteiger partial charge in [-0.1, -0.05) is 24.6 Å². The van der Waals surface area contributed by atoms with E-state index in [0.717, 1.165) is 6.20 Å². The van der Waals surface area contributed by atoms with E-state index in [2.05, 4.69) is 10.3 Å². The largest absolute Gasteiger partial charge is 0.306 e. The summed E-state index contributed by atoms with van der Waals surface area (Å²) in [5, 5.41) is 3.31. The number of rotatable bonds is 4. The summed E-state index contributed by atoms with van der Waals surface area (Å²) in [6, 6.07) is 5.30. The summed E-state index contributed by atoms with van der Waals surface area (Å²) < 4.78 is 27.8. The van der Waals surface area contributed by atoms with Gasteiger partial charge in [-0.15, -0.1) is 0 Å². The Labute approximate surface area is 115 Å². The summed E-state index contributed by atoms with van der Waals surface area (Å²) in [5.74, 6) is -0.956. The molecule has 19 heavy (non-hydrogen) atoms. The molecular formula is C14H13ClF2N2. The molecule has 0 bridgehead atoms. The average Bonchev–Trinajstić information content (AvgIpc) is 2.38. The number of nitrogens with one attached hydrogen (secondary N) is 1. The Morgan fingerprint density at radius 3 is 2.68 bits per heavy atom. The van der Waals surface area contributed by atoms with E-state index in [4.69, 9.17) is 11.6 Å². The molecule has 1 unspecified atom stereocenters. The second-order valence-corrected chi connectivity index (χ2v) is 4.43. The summed E-state index contributed by atoms with van der Waals surface area (Å²) in [6.45, 7) is 2.41. The highest BCUT2D eigenvalue weighted by Crippen LogP contribution is 2.31. The summed E-state index contributed by atoms with van der Waals surface area (Å²) >= 11 is 6.04. The van der Waals surface area contributed by atoms with Gasteiger partial charge in [0.05, 0.1) is 12.2 Å². The van der Waals surface area contributed by atoms with Gasteiger partial charge in [0.2, 0.25) is 0 Å². The highest BCUT2D eigenvalue weighted by molar-refractivity contribution is 6.31. The lowest BCUT2D eigenvalue weighted by Gasteiger charge is -2.21. The fourth-order valence-electron chi connectivity index (χ4n) is 1.98. The van der Waals surface area contributed by atoms with Crippen LogP contribution in [0.2, 0.25) is 5.02 Å². The van der Waals surface area contributed by atoms with Crippen molar-refractivity contribution in [1.82, 2.24) is 10.3 Å². The molecule has 1 heterocycles. The topological polar surface area (TPSA) is 24.9 Å². The number of nitrogens with zero attached hydrogens (tertiary/aromatic N) is 1. The predicted molar refractivity (Wildman–Crippen MR) is 71.1 cm³/mol. The minimum atomic E-state index is -0.637. The van der Waals surface area contributed by atoms with Crippen molar-refractivity contribution in [3.8, 4) is 0 Å². The molecule has 0 aliphatic carbocycles. The second-order valence-electron chi connectivity index (χ2n) is 4.02. The third-order valence-corrected chi connectivity index (χ3v) is 3.14. The number of aromatic nitrogens is 1. The normalized spacial score (nSPS) is 12.4. The molecule has 2 aromatic rings. The van der Waals surface area contributed by atoms with E-state index in [-0.39, 0.29) is 10.6 Å². The van der Waals surface area contributed by atoms with Gasteiger partial charge in [-0.2, -0.15) is 0 Å². The third-order valence-electron chi connectivity index (χ3n) is 2.81. The van der Waals surface area contributed by atoms with Crippen LogP contribution in [0, 0.1) is 11.6 Å². The van der Waals surface area contributed by atoms with Gasteiger partial charge < -0.3 is 5.32 Å². The molecule has 0 aliphatic heterocycles. The minimum Gasteiger partial charge on any atom is -0.306 e. The highest BCUT2D eigenvalue weighted by Gasteiger charge is 2.22. The first-order valence-electron chi connectivity index (χ1n) is 5.91. The van der Waals surface area contributed by atoms with Gasteiger partial charge in [0.15, 0.2) is 0 Å². The van der Waals surface area contributed by atoms with Gasteiger partial charge in [-0.25, -0.2) is 8.78 Å². The smallest absolute Gasteiger partial charge is 0.146 e. The molecule has 0 saturated carbocycles. The molecule has 2 nitrogen and oxygen atoms in total. The summed E-state index contributed by atoms with van der Waals surface area (Å²) in [5.41, 5.74) is 0.569. The summed E-state index contributed by atoms with van der Waals surface area (Å²) in [4.78, 5) is 3.70. The Kier molecular flexibility index (Phi) is 4.45. The molecule has 0 aliphatic rings. The van der Waals surface area contributed by atoms with Gasteiger partial charge in [-0.05, 0) is 24.7 Å². The number of hydrogen-bond donors (Lipinski definition) is 1. The molecule has 0 saturated heterocycles. The van der Waals surface area contributed by atoms with Crippen molar-refractivity contribution >= 4 is 11.6 Å². The maximum Gasteiger partial charge on any atom is 0.146 e. The van der Waals surface area contributed by atoms with Crippen molar-refractivity contribution in [2.75, 3.05) is 6.54 Å². The number of benzene rings is 1. The van der Waals surface area contributed by atoms with E-state index in [1.165, 1.54) is 24.4 Å². The molecule has 0 amide bonds. The van der Waals surface area contributed by atoms with E-state index < -0.39 is 17.7 Å². The fourth-order valence-corrected chi connectivity index (χ4v) is 2.25. The van der Waals surface area contributed by atoms with Crippen molar-refractivity contribution in [3.05, 3.63) is 64.4 Å². The van der Waals surface area contributed by atoms with E-state index in [1.807, 2.05) is 6.92 Å². The van der Waals surface area contributed by atoms with Crippen molar-refractivity contribution in [2.45, 2.75) is 13.0 Å². The average molecular weight is 283 g/mol. The first kappa shape index (κ1) is 13.9. The maximum atomic E-state index is 14.0. The lowest BCUT2D eigenvalue weighted by Crippen LogP contribution is -2.24. The lowest BCUT2D eigenvalue weighted by molar-refractivity contribution is 0.528. The monoisotopic (exact) mass is 282 g/mol. The van der Waals surface area contributed by atoms with Crippen LogP contribution in [0.4, 0.5) is 8.78 Å². The molecule has 0 fully saturated rings. The highest BCUT2D eigenvalue weighted by atomic mass is 35.5. The maximum absolute atomic E-state index is 14.0. The van der Waals surface area contributed by atoms with E-state index >= 15 is 0 Å². The quantitative estimate of drug-likeness (QED) is 0.925. The number of hydrogen-bond acceptors (Lipinski definition) is 2. The Hall–Kier alpha value is -1.52. The molecule has 1 atom stereocenters. The van der Waals surface area contributed by atoms with Crippen molar-refractivity contribution in [1.29, 1.82) is 0 Å². The Morgan fingerprint density at radius 2 is 2.05 bits per heavy atom. The molecule has 1 aromatic carbocycles. The molecule has 5 heteroatoms. The zero-order valence-corrected chi connectivity index (χ0v) is 11.1. The Morgan fingerprint density at radius 1 is 1.26 bits per heavy atom. The zero-order valence-electron chi connectivity index (χ0n) is 10.3. The standard InChI is InChI=1S/C14H13ClF2N2/c1-2-19-14(9-6-7-18-8-12(9)17)13-10(15)4-3-5-11(13)16/h3-8,14,19H,2H2,1H3. The zero-order chi connectivity index (χ0) is 13.8. The first-order valence-corrected chi connectivity index (χ1v) is 6.29. The SMILES string of the molecule is CCNC(c1ccncc1F)c1c(F)cccc1Cl. The van der Waals surface area contributed by atoms with Crippen molar-refractivity contribution in [2.24, 2.45) is 0 Å². The molecule has 0 radical (unpaired) electrons. The lowest BCUT2D eigenvalue weighted by atomic mass is 9.98. The van der Waals surface area contributed by atoms with Crippen LogP contribution < -0.4 is 5.32 Å². The van der Waals surface area contributed by atoms with Gasteiger partial charge >= 0.3 is 0 Å². The fraction of sp³-hybridized carbons (Fsp3) is 0.214. The summed E-state index contributed by atoms with van der Waals surface area (Å²) in [7, 11) is 0. The minimum absolute atomic E-state index is 0.246. The van der Waals surface area contributed by atoms with Gasteiger partial charge in [0.25, 0.3) is 0 Å². The van der Waals surface area contributed by atoms with Crippen LogP contribution in [0.15, 0.2) is 36.7 Å². The Balaban J connectivity index is 2.55. The van der Waals surface area contributed by atoms with Gasteiger partial charge in [0.1, 0.15) is 11.6 Å². The van der Waals surface area contributed by atoms with Crippen LogP contribution in [0.1, 0.15) is 24.1 Å². The van der Waals surface area contributed by atoms with Crippen molar-refractivity contribution < 1.29 is 8.78 Å². The van der Waals surface area contributed by atoms with Crippen molar-refractivity contribution in [3.63, 3.8) is 0 Å². The van der Waals surface area contributed by atoms with Crippen LogP contribution in [0.5, 0.6) is 0 Å². The first-order chi connectivity index (χ1) is 9.15. The molecule has 100 valence electrons. The molecule has 1 N–H and O–H groups in total. The molecule has 1 aromatic heterocycles. The van der Waals surface area contributed by atoms with Crippen LogP contribution in [-0.2, 0) is 0 Å². The molecule has 2 rings (SSSR count). The van der Waals surface area contributed by atoms with Crippen LogP contribution in [0.25, 0.3) is 0 Å².